The molecule has 1 aliphatic rings. The van der Waals surface area contributed by atoms with Gasteiger partial charge in [-0.05, 0) is 42.0 Å². The molecule has 0 spiro atoms. The number of thiophene rings is 1. The van der Waals surface area contributed by atoms with E-state index in [1.54, 1.807) is 6.07 Å². The second kappa shape index (κ2) is 6.10. The van der Waals surface area contributed by atoms with Gasteiger partial charge >= 0.3 is 0 Å². The monoisotopic (exact) mass is 300 g/mol. The van der Waals surface area contributed by atoms with Crippen LogP contribution >= 0.6 is 11.3 Å². The van der Waals surface area contributed by atoms with E-state index in [1.165, 1.54) is 11.3 Å². The van der Waals surface area contributed by atoms with E-state index in [9.17, 15) is 9.59 Å². The average molecular weight is 300 g/mol. The number of hydrogen-bond acceptors (Lipinski definition) is 3. The average Bonchev–Trinajstić information content (AvgIpc) is 3.21. The Morgan fingerprint density at radius 3 is 2.52 bits per heavy atom. The van der Waals surface area contributed by atoms with E-state index in [0.717, 1.165) is 24.1 Å². The van der Waals surface area contributed by atoms with Gasteiger partial charge in [0.15, 0.2) is 0 Å². The molecular formula is C16H16N2O2S. The molecule has 3 rings (SSSR count). The Morgan fingerprint density at radius 1 is 1.14 bits per heavy atom. The summed E-state index contributed by atoms with van der Waals surface area (Å²) < 4.78 is 0. The van der Waals surface area contributed by atoms with Crippen molar-refractivity contribution in [3.05, 3.63) is 52.2 Å². The molecule has 0 saturated heterocycles. The van der Waals surface area contributed by atoms with Crippen molar-refractivity contribution in [3.8, 4) is 0 Å². The highest BCUT2D eigenvalue weighted by atomic mass is 32.1. The van der Waals surface area contributed by atoms with Gasteiger partial charge in [0.2, 0.25) is 5.91 Å². The van der Waals surface area contributed by atoms with Crippen molar-refractivity contribution in [3.63, 3.8) is 0 Å². The number of carbonyl (C=O) groups excluding carboxylic acids is 2. The van der Waals surface area contributed by atoms with E-state index in [0.29, 0.717) is 11.4 Å². The Hall–Kier alpha value is -2.14. The molecule has 1 heterocycles. The zero-order chi connectivity index (χ0) is 14.7. The molecule has 1 aromatic heterocycles. The van der Waals surface area contributed by atoms with Crippen LogP contribution in [0.2, 0.25) is 0 Å². The van der Waals surface area contributed by atoms with E-state index >= 15 is 0 Å². The molecule has 2 N–H and O–H groups in total. The van der Waals surface area contributed by atoms with Crippen LogP contribution in [0.4, 0.5) is 5.69 Å². The maximum atomic E-state index is 11.8. The maximum absolute atomic E-state index is 11.8. The van der Waals surface area contributed by atoms with E-state index in [2.05, 4.69) is 10.6 Å². The van der Waals surface area contributed by atoms with Crippen LogP contribution in [0.5, 0.6) is 0 Å². The summed E-state index contributed by atoms with van der Waals surface area (Å²) in [7, 11) is 0. The summed E-state index contributed by atoms with van der Waals surface area (Å²) in [5.74, 6) is 0.250. The van der Waals surface area contributed by atoms with Crippen LogP contribution in [0.3, 0.4) is 0 Å². The fraction of sp³-hybridized carbons (Fsp3) is 0.250. The Labute approximate surface area is 127 Å². The van der Waals surface area contributed by atoms with Gasteiger partial charge in [0.25, 0.3) is 5.91 Å². The van der Waals surface area contributed by atoms with Gasteiger partial charge < -0.3 is 10.6 Å². The summed E-state index contributed by atoms with van der Waals surface area (Å²) in [6.45, 7) is 0.480. The molecule has 2 aromatic rings. The first kappa shape index (κ1) is 13.8. The van der Waals surface area contributed by atoms with Crippen molar-refractivity contribution < 1.29 is 9.59 Å². The molecule has 4 nitrogen and oxygen atoms in total. The summed E-state index contributed by atoms with van der Waals surface area (Å²) in [4.78, 5) is 24.2. The molecule has 5 heteroatoms. The van der Waals surface area contributed by atoms with Crippen molar-refractivity contribution in [1.82, 2.24) is 5.32 Å². The topological polar surface area (TPSA) is 58.2 Å². The van der Waals surface area contributed by atoms with Crippen molar-refractivity contribution >= 4 is 28.8 Å². The number of rotatable bonds is 5. The molecule has 1 aliphatic carbocycles. The second-order valence-electron chi connectivity index (χ2n) is 5.12. The Morgan fingerprint density at radius 2 is 1.90 bits per heavy atom. The van der Waals surface area contributed by atoms with Crippen LogP contribution in [-0.4, -0.2) is 11.8 Å². The van der Waals surface area contributed by atoms with Crippen LogP contribution < -0.4 is 10.6 Å². The molecular weight excluding hydrogens is 284 g/mol. The zero-order valence-corrected chi connectivity index (χ0v) is 12.3. The number of carbonyl (C=O) groups is 2. The lowest BCUT2D eigenvalue weighted by Crippen LogP contribution is -2.21. The fourth-order valence-corrected chi connectivity index (χ4v) is 2.61. The molecule has 0 radical (unpaired) electrons. The highest BCUT2D eigenvalue weighted by molar-refractivity contribution is 7.12. The van der Waals surface area contributed by atoms with E-state index in [4.69, 9.17) is 0 Å². The van der Waals surface area contributed by atoms with Gasteiger partial charge in [-0.3, -0.25) is 9.59 Å². The third-order valence-electron chi connectivity index (χ3n) is 3.37. The first-order valence-electron chi connectivity index (χ1n) is 6.94. The van der Waals surface area contributed by atoms with E-state index < -0.39 is 0 Å². The summed E-state index contributed by atoms with van der Waals surface area (Å²) in [6, 6.07) is 11.2. The van der Waals surface area contributed by atoms with Gasteiger partial charge in [0.1, 0.15) is 0 Å². The van der Waals surface area contributed by atoms with Crippen molar-refractivity contribution in [2.24, 2.45) is 5.92 Å². The van der Waals surface area contributed by atoms with Gasteiger partial charge in [-0.2, -0.15) is 0 Å². The summed E-state index contributed by atoms with van der Waals surface area (Å²) in [5, 5.41) is 7.65. The molecule has 1 saturated carbocycles. The molecule has 1 aromatic carbocycles. The molecule has 1 fully saturated rings. The minimum absolute atomic E-state index is 0.0592. The molecule has 0 atom stereocenters. The molecule has 21 heavy (non-hydrogen) atoms. The Bertz CT molecular complexity index is 631. The SMILES string of the molecule is O=C(NCc1ccc(NC(=O)C2CC2)cc1)c1cccs1. The van der Waals surface area contributed by atoms with Gasteiger partial charge in [-0.1, -0.05) is 18.2 Å². The second-order valence-corrected chi connectivity index (χ2v) is 6.07. The minimum atomic E-state index is -0.0592. The Kier molecular flexibility index (Phi) is 4.01. The molecule has 0 aliphatic heterocycles. The predicted octanol–water partition coefficient (Wildman–Crippen LogP) is 3.03. The minimum Gasteiger partial charge on any atom is -0.347 e. The third-order valence-corrected chi connectivity index (χ3v) is 4.24. The first-order valence-corrected chi connectivity index (χ1v) is 7.82. The number of nitrogens with one attached hydrogen (secondary N) is 2. The van der Waals surface area contributed by atoms with Crippen LogP contribution in [0.1, 0.15) is 28.1 Å². The maximum Gasteiger partial charge on any atom is 0.261 e. The van der Waals surface area contributed by atoms with E-state index in [-0.39, 0.29) is 17.7 Å². The van der Waals surface area contributed by atoms with Gasteiger partial charge in [-0.25, -0.2) is 0 Å². The molecule has 0 bridgehead atoms. The number of benzene rings is 1. The van der Waals surface area contributed by atoms with Crippen LogP contribution in [0.15, 0.2) is 41.8 Å². The summed E-state index contributed by atoms with van der Waals surface area (Å²) in [5.41, 5.74) is 1.81. The van der Waals surface area contributed by atoms with Crippen LogP contribution in [0, 0.1) is 5.92 Å². The lowest BCUT2D eigenvalue weighted by molar-refractivity contribution is -0.117. The summed E-state index contributed by atoms with van der Waals surface area (Å²) >= 11 is 1.42. The molecule has 0 unspecified atom stereocenters. The normalized spacial score (nSPS) is 13.7. The number of hydrogen-bond donors (Lipinski definition) is 2. The highest BCUT2D eigenvalue weighted by Gasteiger charge is 2.29. The lowest BCUT2D eigenvalue weighted by atomic mass is 10.2. The standard InChI is InChI=1S/C16H16N2O2S/c19-15(12-5-6-12)18-13-7-3-11(4-8-13)10-17-16(20)14-2-1-9-21-14/h1-4,7-9,12H,5-6,10H2,(H,17,20)(H,18,19). The molecule has 108 valence electrons. The highest BCUT2D eigenvalue weighted by Crippen LogP contribution is 2.30. The van der Waals surface area contributed by atoms with Gasteiger partial charge in [0.05, 0.1) is 4.88 Å². The zero-order valence-electron chi connectivity index (χ0n) is 11.5. The first-order chi connectivity index (χ1) is 10.2. The van der Waals surface area contributed by atoms with Crippen molar-refractivity contribution in [2.45, 2.75) is 19.4 Å². The van der Waals surface area contributed by atoms with Crippen molar-refractivity contribution in [1.29, 1.82) is 0 Å². The number of amides is 2. The largest absolute Gasteiger partial charge is 0.347 e. The van der Waals surface area contributed by atoms with Crippen LogP contribution in [0.25, 0.3) is 0 Å². The third kappa shape index (κ3) is 3.70. The molecule has 2 amide bonds. The quantitative estimate of drug-likeness (QED) is 0.891. The van der Waals surface area contributed by atoms with Crippen molar-refractivity contribution in [2.75, 3.05) is 5.32 Å². The van der Waals surface area contributed by atoms with E-state index in [1.807, 2.05) is 35.7 Å². The fourth-order valence-electron chi connectivity index (χ4n) is 1.97. The van der Waals surface area contributed by atoms with Gasteiger partial charge in [0, 0.05) is 18.2 Å². The number of anilines is 1. The Balaban J connectivity index is 1.52. The lowest BCUT2D eigenvalue weighted by Gasteiger charge is -2.07. The summed E-state index contributed by atoms with van der Waals surface area (Å²) in [6.07, 6.45) is 2.00. The van der Waals surface area contributed by atoms with Gasteiger partial charge in [-0.15, -0.1) is 11.3 Å². The smallest absolute Gasteiger partial charge is 0.261 e. The predicted molar refractivity (Wildman–Crippen MR) is 83.3 cm³/mol. The van der Waals surface area contributed by atoms with Crippen LogP contribution in [-0.2, 0) is 11.3 Å².